The van der Waals surface area contributed by atoms with Gasteiger partial charge in [-0.25, -0.2) is 0 Å². The van der Waals surface area contributed by atoms with Gasteiger partial charge in [0, 0.05) is 0 Å². The number of aromatic amines is 2. The molecule has 0 radical (unpaired) electrons. The first-order chi connectivity index (χ1) is 20.6. The number of nitro groups is 2. The maximum atomic E-state index is 11.6. The number of azo groups is 2. The van der Waals surface area contributed by atoms with Gasteiger partial charge in [-0.2, -0.15) is 0 Å². The maximum absolute atomic E-state index is 11.6. The van der Waals surface area contributed by atoms with Crippen molar-refractivity contribution in [1.29, 1.82) is 0 Å². The Labute approximate surface area is 253 Å². The Bertz CT molecular complexity index is 1860. The van der Waals surface area contributed by atoms with Crippen LogP contribution >= 0.6 is 24.4 Å². The van der Waals surface area contributed by atoms with Crippen LogP contribution in [-0.4, -0.2) is 28.9 Å². The van der Waals surface area contributed by atoms with Gasteiger partial charge in [0.05, 0.1) is 0 Å². The van der Waals surface area contributed by atoms with Gasteiger partial charge in [0.1, 0.15) is 0 Å². The van der Waals surface area contributed by atoms with Gasteiger partial charge in [-0.1, -0.05) is 0 Å². The predicted octanol–water partition coefficient (Wildman–Crippen LogP) is 7.15. The molecule has 2 aliphatic heterocycles. The minimum atomic E-state index is -4.27. The molecule has 4 heterocycles. The fraction of sp³-hybridized carbons (Fsp3) is 0.182. The van der Waals surface area contributed by atoms with Crippen LogP contribution < -0.4 is 15.4 Å². The quantitative estimate of drug-likeness (QED) is 0.127. The fourth-order valence-electron chi connectivity index (χ4n) is 3.87. The Morgan fingerprint density at radius 3 is 1.53 bits per heavy atom. The molecule has 0 aliphatic carbocycles. The van der Waals surface area contributed by atoms with Crippen LogP contribution in [0.15, 0.2) is 56.9 Å². The van der Waals surface area contributed by atoms with Gasteiger partial charge in [-0.3, -0.25) is 0 Å². The third-order valence-corrected chi connectivity index (χ3v) is 8.45. The number of aromatic nitrogens is 4. The molecule has 2 N–H and O–H groups in total. The predicted molar refractivity (Wildman–Crippen MR) is 148 cm³/mol. The molecule has 0 fully saturated rings. The molecular formula is C22H18CoN10O8S2. The van der Waals surface area contributed by atoms with Crippen molar-refractivity contribution >= 4 is 58.8 Å². The summed E-state index contributed by atoms with van der Waals surface area (Å²) in [6.45, 7) is 4.23. The van der Waals surface area contributed by atoms with E-state index in [1.165, 1.54) is 24.3 Å². The van der Waals surface area contributed by atoms with E-state index in [-0.39, 0.29) is 67.2 Å². The number of rotatable bonds is 4. The number of nitrogens with zero attached hydrogens (tertiary/aromatic N) is 8. The van der Waals surface area contributed by atoms with Crippen LogP contribution in [0.3, 0.4) is 0 Å². The zero-order valence-corrected chi connectivity index (χ0v) is 24.5. The molecule has 1 spiro atoms. The molecule has 0 amide bonds. The fourth-order valence-corrected chi connectivity index (χ4v) is 6.59. The van der Waals surface area contributed by atoms with Crippen molar-refractivity contribution in [3.05, 3.63) is 66.2 Å². The molecule has 0 unspecified atom stereocenters. The van der Waals surface area contributed by atoms with E-state index in [0.29, 0.717) is 13.1 Å². The molecule has 6 rings (SSSR count). The number of imidazole rings is 2. The van der Waals surface area contributed by atoms with Crippen LogP contribution in [0.4, 0.5) is 34.4 Å². The summed E-state index contributed by atoms with van der Waals surface area (Å²) in [4.78, 5) is 27.7. The standard InChI is InChI=1S/2C11H11N5O4S.Co/c2*1-2-15-10(18)9(12-11(15)21)14-13-7-5-6(16(19)20)3-4-8(7)17;/h2*3-5,17-18H,2H2,1H3,(H,12,21);/q;;+4/p-4. The van der Waals surface area contributed by atoms with Gasteiger partial charge in [0.2, 0.25) is 0 Å². The van der Waals surface area contributed by atoms with E-state index in [1.54, 1.807) is 23.0 Å². The molecule has 21 heteroatoms. The van der Waals surface area contributed by atoms with Gasteiger partial charge in [-0.05, 0) is 0 Å². The Morgan fingerprint density at radius 2 is 1.16 bits per heavy atom. The summed E-state index contributed by atoms with van der Waals surface area (Å²) in [6, 6.07) is 7.28. The molecule has 2 aromatic carbocycles. The van der Waals surface area contributed by atoms with Gasteiger partial charge in [0.15, 0.2) is 0 Å². The molecular weight excluding hydrogens is 655 g/mol. The van der Waals surface area contributed by atoms with E-state index < -0.39 is 23.8 Å². The summed E-state index contributed by atoms with van der Waals surface area (Å²) in [7, 11) is 0. The van der Waals surface area contributed by atoms with E-state index in [1.807, 2.05) is 0 Å². The molecule has 0 saturated heterocycles. The van der Waals surface area contributed by atoms with Crippen LogP contribution in [0.2, 0.25) is 0 Å². The minimum absolute atomic E-state index is 0.0152. The second kappa shape index (κ2) is 10.7. The van der Waals surface area contributed by atoms with Crippen LogP contribution in [0.1, 0.15) is 13.8 Å². The van der Waals surface area contributed by atoms with E-state index in [0.717, 1.165) is 12.1 Å². The molecule has 2 aliphatic rings. The summed E-state index contributed by atoms with van der Waals surface area (Å²) < 4.78 is 29.2. The van der Waals surface area contributed by atoms with Crippen molar-refractivity contribution < 1.29 is 39.2 Å². The first-order valence-electron chi connectivity index (χ1n) is 12.2. The summed E-state index contributed by atoms with van der Waals surface area (Å²) in [5, 5.41) is 39.8. The molecule has 225 valence electrons. The van der Waals surface area contributed by atoms with E-state index in [9.17, 15) is 20.2 Å². The summed E-state index contributed by atoms with van der Waals surface area (Å²) >= 11 is 6.63. The second-order valence-corrected chi connectivity index (χ2v) is 11.1. The molecule has 0 saturated carbocycles. The van der Waals surface area contributed by atoms with Crippen molar-refractivity contribution in [3.8, 4) is 23.3 Å². The number of nitro benzene ring substituents is 2. The molecule has 43 heavy (non-hydrogen) atoms. The normalized spacial score (nSPS) is 18.1. The van der Waals surface area contributed by atoms with Crippen molar-refractivity contribution in [3.63, 3.8) is 0 Å². The van der Waals surface area contributed by atoms with Gasteiger partial charge >= 0.3 is 254 Å². The molecule has 18 nitrogen and oxygen atoms in total. The van der Waals surface area contributed by atoms with Crippen molar-refractivity contribution in [2.24, 2.45) is 20.5 Å². The Kier molecular flexibility index (Phi) is 6.99. The monoisotopic (exact) mass is 673 g/mol. The number of nitrogens with one attached hydrogen (secondary N) is 2. The van der Waals surface area contributed by atoms with Crippen LogP contribution in [0, 0.1) is 29.8 Å². The second-order valence-electron chi connectivity index (χ2n) is 8.48. The topological polar surface area (TPSA) is 214 Å². The zero-order valence-electron chi connectivity index (χ0n) is 21.9. The van der Waals surface area contributed by atoms with Crippen LogP contribution in [-0.2, 0) is 27.0 Å². The molecule has 0 bridgehead atoms. The Balaban J connectivity index is 1.66. The van der Waals surface area contributed by atoms with Crippen molar-refractivity contribution in [2.75, 3.05) is 0 Å². The van der Waals surface area contributed by atoms with Crippen LogP contribution in [0.5, 0.6) is 23.3 Å². The third-order valence-electron chi connectivity index (χ3n) is 5.90. The molecule has 4 aromatic rings. The average Bonchev–Trinajstić information content (AvgIpc) is 3.46. The number of hydrogen-bond acceptors (Lipinski definition) is 14. The molecule has 2 aromatic heterocycles. The van der Waals surface area contributed by atoms with Gasteiger partial charge in [0.25, 0.3) is 0 Å². The average molecular weight is 674 g/mol. The van der Waals surface area contributed by atoms with E-state index in [4.69, 9.17) is 39.8 Å². The zero-order chi connectivity index (χ0) is 30.5. The Morgan fingerprint density at radius 1 is 0.744 bits per heavy atom. The Hall–Kier alpha value is -4.99. The van der Waals surface area contributed by atoms with E-state index >= 15 is 0 Å². The first-order valence-corrected chi connectivity index (χ1v) is 14.7. The van der Waals surface area contributed by atoms with E-state index in [2.05, 4.69) is 30.4 Å². The first kappa shape index (κ1) is 28.1. The number of fused-ring (bicyclic) bond motifs is 4. The third kappa shape index (κ3) is 5.02. The SMILES string of the molecule is CCn1c2c([nH]c1=S)N=Nc1cc([N+](=O)[O-])ccc1[O][Co]1([O]c3ccc([N+](=O)[O-])cc3N=Nc3[nH]c(=S)n(CC)c3[O]1)[O]2. The van der Waals surface area contributed by atoms with Crippen molar-refractivity contribution in [2.45, 2.75) is 26.9 Å². The van der Waals surface area contributed by atoms with Crippen molar-refractivity contribution in [1.82, 2.24) is 19.1 Å². The summed E-state index contributed by atoms with van der Waals surface area (Å²) in [5.41, 5.74) is -0.681. The number of H-pyrrole nitrogens is 2. The number of non-ortho nitro benzene ring substituents is 2. The summed E-state index contributed by atoms with van der Waals surface area (Å²) in [6.07, 6.45) is 0. The molecule has 0 atom stereocenters. The summed E-state index contributed by atoms with van der Waals surface area (Å²) in [5.74, 6) is 0.0112. The van der Waals surface area contributed by atoms with Crippen LogP contribution in [0.25, 0.3) is 0 Å². The number of hydrogen-bond donors (Lipinski definition) is 2. The van der Waals surface area contributed by atoms with Gasteiger partial charge < -0.3 is 0 Å². The number of benzene rings is 2. The van der Waals surface area contributed by atoms with Gasteiger partial charge in [-0.15, -0.1) is 0 Å².